The quantitative estimate of drug-likeness (QED) is 0.0827. The van der Waals surface area contributed by atoms with Crippen molar-refractivity contribution in [1.29, 1.82) is 0 Å². The zero-order valence-corrected chi connectivity index (χ0v) is 65.7. The Bertz CT molecular complexity index is 4480. The minimum atomic E-state index is -0.0203. The fourth-order valence-electron chi connectivity index (χ4n) is 9.43. The summed E-state index contributed by atoms with van der Waals surface area (Å²) in [6, 6.07) is 100. The summed E-state index contributed by atoms with van der Waals surface area (Å²) in [5, 5.41) is 0. The predicted octanol–water partition coefficient (Wildman–Crippen LogP) is 20.2. The van der Waals surface area contributed by atoms with Crippen LogP contribution in [0.15, 0.2) is 304 Å². The van der Waals surface area contributed by atoms with Gasteiger partial charge in [0.1, 0.15) is 0 Å². The first kappa shape index (κ1) is 85.9. The molecule has 0 N–H and O–H groups in total. The minimum absolute atomic E-state index is 0. The molecule has 8 nitrogen and oxygen atoms in total. The second kappa shape index (κ2) is 42.6. The van der Waals surface area contributed by atoms with E-state index in [0.717, 1.165) is 61.7 Å². The first-order chi connectivity index (χ1) is 44.3. The number of pyridine rings is 4. The van der Waals surface area contributed by atoms with E-state index >= 15 is 0 Å². The van der Waals surface area contributed by atoms with Gasteiger partial charge in [-0.1, -0.05) is 239 Å². The number of rotatable bonds is 13. The summed E-state index contributed by atoms with van der Waals surface area (Å²) in [4.78, 5) is 67.0. The van der Waals surface area contributed by atoms with E-state index < -0.39 is 0 Å². The van der Waals surface area contributed by atoms with Gasteiger partial charge in [-0.25, -0.2) is 0 Å². The SMILES string of the molecule is CC(C)(C)c1c[c-]c(-c2ccc(C(=O)c3ccccc3)cn2)cc1.Cc1c[c-]c(-c2ccc(C(=O)c3ccccc3)cn2)cc1.O=C(c1ccccc1)c1ccc(-c2[c-]cc(-c3ccccc3)cc2)nc1.O=C(c1ccccc1)c1ccc(-c2[c-]cccc2)nc1.[CH3-].[CH3-].[CH3-].[CH3-].[Ir].[Ir].[Ir].[Ir]. The van der Waals surface area contributed by atoms with E-state index in [2.05, 4.69) is 89.2 Å². The number of carbonyl (C=O) groups is 4. The van der Waals surface area contributed by atoms with E-state index in [1.54, 1.807) is 43.0 Å². The molecule has 0 aliphatic carbocycles. The number of aryl methyl sites for hydroxylation is 1. The van der Waals surface area contributed by atoms with Gasteiger partial charge in [-0.05, 0) is 28.2 Å². The maximum atomic E-state index is 12.4. The summed E-state index contributed by atoms with van der Waals surface area (Å²) >= 11 is 0. The fraction of sp³-hybridized carbons (Fsp3) is 0.0575. The van der Waals surface area contributed by atoms with Crippen LogP contribution in [-0.2, 0) is 85.8 Å². The van der Waals surface area contributed by atoms with Gasteiger partial charge in [0.15, 0.2) is 23.1 Å². The van der Waals surface area contributed by atoms with Crippen LogP contribution >= 0.6 is 0 Å². The van der Waals surface area contributed by atoms with Gasteiger partial charge in [-0.2, -0.15) is 0 Å². The molecule has 510 valence electrons. The maximum absolute atomic E-state index is 12.4. The normalized spacial score (nSPS) is 9.74. The molecule has 0 amide bonds. The summed E-state index contributed by atoms with van der Waals surface area (Å²) in [7, 11) is 0. The molecule has 4 heterocycles. The summed E-state index contributed by atoms with van der Waals surface area (Å²) in [6.07, 6.45) is 6.50. The van der Waals surface area contributed by atoms with Crippen LogP contribution in [0.25, 0.3) is 56.2 Å². The number of hydrogen-bond acceptors (Lipinski definition) is 8. The largest absolute Gasteiger partial charge is 0.358 e. The molecular formula is C87H74Ir4N4O4-8. The summed E-state index contributed by atoms with van der Waals surface area (Å²) < 4.78 is 0. The topological polar surface area (TPSA) is 120 Å². The van der Waals surface area contributed by atoms with Crippen molar-refractivity contribution < 1.29 is 99.6 Å². The van der Waals surface area contributed by atoms with Gasteiger partial charge < -0.3 is 49.6 Å². The van der Waals surface area contributed by atoms with Crippen LogP contribution in [0.1, 0.15) is 95.6 Å². The third-order valence-electron chi connectivity index (χ3n) is 14.6. The van der Waals surface area contributed by atoms with Gasteiger partial charge >= 0.3 is 0 Å². The van der Waals surface area contributed by atoms with Crippen LogP contribution in [0.4, 0.5) is 0 Å². The molecule has 0 aliphatic rings. The minimum Gasteiger partial charge on any atom is -0.358 e. The van der Waals surface area contributed by atoms with Crippen molar-refractivity contribution in [2.45, 2.75) is 33.1 Å². The molecular weight excluding hydrogens is 1930 g/mol. The van der Waals surface area contributed by atoms with Crippen LogP contribution < -0.4 is 0 Å². The summed E-state index contributed by atoms with van der Waals surface area (Å²) in [5.41, 5.74) is 16.8. The van der Waals surface area contributed by atoms with E-state index in [9.17, 15) is 19.2 Å². The molecule has 13 rings (SSSR count). The van der Waals surface area contributed by atoms with E-state index in [-0.39, 0.29) is 139 Å². The van der Waals surface area contributed by atoms with Crippen LogP contribution in [0.5, 0.6) is 0 Å². The molecule has 0 bridgehead atoms. The molecule has 99 heavy (non-hydrogen) atoms. The molecule has 0 fully saturated rings. The van der Waals surface area contributed by atoms with Gasteiger partial charge in [0.25, 0.3) is 0 Å². The average molecular weight is 2010 g/mol. The molecule has 0 spiro atoms. The Morgan fingerprint density at radius 2 is 0.586 bits per heavy atom. The second-order valence-electron chi connectivity index (χ2n) is 22.2. The molecule has 0 saturated heterocycles. The molecule has 0 unspecified atom stereocenters. The number of carbonyl (C=O) groups excluding carboxylic acids is 4. The van der Waals surface area contributed by atoms with E-state index in [0.29, 0.717) is 44.5 Å². The van der Waals surface area contributed by atoms with E-state index in [4.69, 9.17) is 0 Å². The molecule has 0 aliphatic heterocycles. The number of aromatic nitrogens is 4. The third kappa shape index (κ3) is 24.1. The predicted molar refractivity (Wildman–Crippen MR) is 388 cm³/mol. The first-order valence-corrected chi connectivity index (χ1v) is 29.6. The molecule has 4 aromatic heterocycles. The van der Waals surface area contributed by atoms with Crippen molar-refractivity contribution in [1.82, 2.24) is 19.9 Å². The number of ketones is 4. The number of nitrogens with zero attached hydrogens (tertiary/aromatic N) is 4. The monoisotopic (exact) mass is 2010 g/mol. The Hall–Kier alpha value is -9.14. The second-order valence-corrected chi connectivity index (χ2v) is 22.2. The Labute approximate surface area is 639 Å². The molecule has 0 atom stereocenters. The zero-order valence-electron chi connectivity index (χ0n) is 56.1. The van der Waals surface area contributed by atoms with Crippen molar-refractivity contribution in [3.05, 3.63) is 413 Å². The zero-order chi connectivity index (χ0) is 63.4. The molecule has 4 radical (unpaired) electrons. The number of hydrogen-bond donors (Lipinski definition) is 0. The summed E-state index contributed by atoms with van der Waals surface area (Å²) in [6.45, 7) is 8.56. The van der Waals surface area contributed by atoms with Crippen molar-refractivity contribution in [3.63, 3.8) is 0 Å². The van der Waals surface area contributed by atoms with Crippen LogP contribution in [0.2, 0.25) is 0 Å². The van der Waals surface area contributed by atoms with E-state index in [1.807, 2.05) is 244 Å². The maximum Gasteiger partial charge on any atom is 0.194 e. The smallest absolute Gasteiger partial charge is 0.194 e. The van der Waals surface area contributed by atoms with Crippen molar-refractivity contribution in [2.75, 3.05) is 0 Å². The van der Waals surface area contributed by atoms with Gasteiger partial charge in [-0.3, -0.25) is 19.2 Å². The van der Waals surface area contributed by atoms with Crippen molar-refractivity contribution >= 4 is 23.1 Å². The third-order valence-corrected chi connectivity index (χ3v) is 14.6. The van der Waals surface area contributed by atoms with E-state index in [1.165, 1.54) is 5.56 Å². The fourth-order valence-corrected chi connectivity index (χ4v) is 9.43. The Morgan fingerprint density at radius 1 is 0.283 bits per heavy atom. The number of benzene rings is 9. The molecule has 12 heteroatoms. The average Bonchev–Trinajstić information content (AvgIpc) is 0.886. The van der Waals surface area contributed by atoms with Crippen LogP contribution in [0, 0.1) is 60.9 Å². The van der Waals surface area contributed by atoms with Gasteiger partial charge in [0, 0.05) is 150 Å². The van der Waals surface area contributed by atoms with Crippen molar-refractivity contribution in [2.24, 2.45) is 0 Å². The summed E-state index contributed by atoms with van der Waals surface area (Å²) in [5.74, 6) is -0.0565. The van der Waals surface area contributed by atoms with Crippen molar-refractivity contribution in [3.8, 4) is 56.2 Å². The van der Waals surface area contributed by atoms with Gasteiger partial charge in [0.05, 0.1) is 0 Å². The van der Waals surface area contributed by atoms with Crippen LogP contribution in [0.3, 0.4) is 0 Å². The van der Waals surface area contributed by atoms with Gasteiger partial charge in [0.2, 0.25) is 0 Å². The van der Waals surface area contributed by atoms with Crippen LogP contribution in [-0.4, -0.2) is 43.1 Å². The Morgan fingerprint density at radius 3 is 0.848 bits per heavy atom. The standard InChI is InChI=1S/C24H16NO.C22H20NO.C19H14NO.C18H12NO.4CH3.4Ir/c26-24(21-9-5-2-6-10-21)22-15-16-23(25-17-22)20-13-11-19(12-14-20)18-7-3-1-4-8-18;1-22(2,3)19-12-9-16(10-13-19)20-14-11-18(15-23-20)21(24)17-7-5-4-6-8-17;1-14-7-9-15(10-8-14)18-12-11-17(13-20-18)19(21)16-5-3-2-4-6-16;20-18(15-9-5-2-6-10-15)16-11-12-17(19-13-16)14-7-3-1-4-8-14;;;;;;;;/h1-13,15-17H;4-9,11-15H,1-3H3;2-9,11-13H,1H3;1-7,9-13H;4*1H3;;;;/q8*-1;;;;. The van der Waals surface area contributed by atoms with Gasteiger partial charge in [-0.15, -0.1) is 137 Å². The Kier molecular flexibility index (Phi) is 37.0. The molecule has 13 aromatic rings. The molecule has 0 saturated carbocycles. The first-order valence-electron chi connectivity index (χ1n) is 29.6. The Balaban J connectivity index is 0.000000439. The molecule has 9 aromatic carbocycles.